The highest BCUT2D eigenvalue weighted by molar-refractivity contribution is 6.17. The average molecular weight is 245 g/mol. The van der Waals surface area contributed by atoms with Crippen molar-refractivity contribution in [2.75, 3.05) is 26.3 Å². The normalized spacial score (nSPS) is 21.4. The Morgan fingerprint density at radius 2 is 1.56 bits per heavy atom. The predicted molar refractivity (Wildman–Crippen MR) is 70.2 cm³/mol. The molecule has 1 aliphatic heterocycles. The van der Waals surface area contributed by atoms with E-state index in [0.29, 0.717) is 0 Å². The summed E-state index contributed by atoms with van der Waals surface area (Å²) in [6.07, 6.45) is 7.44. The highest BCUT2D eigenvalue weighted by Crippen LogP contribution is 2.25. The van der Waals surface area contributed by atoms with Crippen LogP contribution in [0, 0.1) is 0 Å². The molecule has 0 atom stereocenters. The van der Waals surface area contributed by atoms with Crippen LogP contribution in [0.1, 0.15) is 46.0 Å². The molecule has 2 fully saturated rings. The first kappa shape index (κ1) is 14.2. The van der Waals surface area contributed by atoms with Crippen molar-refractivity contribution in [1.82, 2.24) is 4.90 Å². The zero-order chi connectivity index (χ0) is 11.6. The quantitative estimate of drug-likeness (QED) is 0.418. The molecule has 1 saturated carbocycles. The molecular formula is C12H27NO2Si. The van der Waals surface area contributed by atoms with Crippen LogP contribution in [0.4, 0.5) is 0 Å². The van der Waals surface area contributed by atoms with Crippen molar-refractivity contribution in [2.24, 2.45) is 0 Å². The number of hydrogen-bond donors (Lipinski definition) is 0. The molecule has 4 heteroatoms. The fraction of sp³-hybridized carbons (Fsp3) is 1.00. The smallest absolute Gasteiger partial charge is 0.304 e. The summed E-state index contributed by atoms with van der Waals surface area (Å²) >= 11 is 0. The lowest BCUT2D eigenvalue weighted by atomic mass is 9.96. The maximum atomic E-state index is 4.99. The van der Waals surface area contributed by atoms with E-state index in [-0.39, 0.29) is 0 Å². The van der Waals surface area contributed by atoms with E-state index in [4.69, 9.17) is 8.85 Å². The maximum Gasteiger partial charge on any atom is 0.304 e. The van der Waals surface area contributed by atoms with Crippen molar-refractivity contribution in [3.63, 3.8) is 0 Å². The van der Waals surface area contributed by atoms with Crippen LogP contribution < -0.4 is 0 Å². The van der Waals surface area contributed by atoms with Gasteiger partial charge >= 0.3 is 10.0 Å². The van der Waals surface area contributed by atoms with Crippen LogP contribution in [0.3, 0.4) is 0 Å². The molecule has 0 spiro atoms. The Balaban J connectivity index is 0.000000168. The fourth-order valence-corrected chi connectivity index (χ4v) is 2.55. The minimum absolute atomic E-state index is 0.589. The molecule has 2 aliphatic rings. The van der Waals surface area contributed by atoms with Crippen molar-refractivity contribution in [2.45, 2.75) is 52.0 Å². The third-order valence-electron chi connectivity index (χ3n) is 3.15. The van der Waals surface area contributed by atoms with Crippen LogP contribution in [-0.4, -0.2) is 47.3 Å². The molecule has 0 unspecified atom stereocenters. The molecule has 2 rings (SSSR count). The van der Waals surface area contributed by atoms with E-state index < -0.39 is 10.0 Å². The van der Waals surface area contributed by atoms with Crippen LogP contribution >= 0.6 is 0 Å². The zero-order valence-electron chi connectivity index (χ0n) is 10.9. The first-order valence-corrected chi connectivity index (χ1v) is 7.93. The molecular weight excluding hydrogens is 218 g/mol. The first-order chi connectivity index (χ1) is 7.88. The van der Waals surface area contributed by atoms with E-state index in [1.807, 2.05) is 13.8 Å². The molecule has 3 nitrogen and oxygen atoms in total. The highest BCUT2D eigenvalue weighted by atomic mass is 28.3. The van der Waals surface area contributed by atoms with Crippen LogP contribution in [0.5, 0.6) is 0 Å². The van der Waals surface area contributed by atoms with Gasteiger partial charge in [0.25, 0.3) is 0 Å². The van der Waals surface area contributed by atoms with Gasteiger partial charge in [-0.25, -0.2) is 0 Å². The minimum atomic E-state index is -0.589. The van der Waals surface area contributed by atoms with Gasteiger partial charge in [-0.3, -0.25) is 4.90 Å². The van der Waals surface area contributed by atoms with Gasteiger partial charge in [-0.05, 0) is 26.7 Å². The lowest BCUT2D eigenvalue weighted by molar-refractivity contribution is 0.240. The van der Waals surface area contributed by atoms with Crippen molar-refractivity contribution in [1.29, 1.82) is 0 Å². The third kappa shape index (κ3) is 6.63. The van der Waals surface area contributed by atoms with Crippen molar-refractivity contribution >= 4 is 10.0 Å². The Hall–Kier alpha value is 0.0969. The van der Waals surface area contributed by atoms with Crippen LogP contribution in [0.2, 0.25) is 0 Å². The summed E-state index contributed by atoms with van der Waals surface area (Å²) in [5, 5.41) is 0. The summed E-state index contributed by atoms with van der Waals surface area (Å²) in [7, 11) is -0.589. The van der Waals surface area contributed by atoms with E-state index in [1.165, 1.54) is 45.2 Å². The highest BCUT2D eigenvalue weighted by Gasteiger charge is 2.27. The third-order valence-corrected chi connectivity index (χ3v) is 4.30. The van der Waals surface area contributed by atoms with Gasteiger partial charge in [0.15, 0.2) is 0 Å². The predicted octanol–water partition coefficient (Wildman–Crippen LogP) is 1.69. The van der Waals surface area contributed by atoms with Crippen molar-refractivity contribution in [3.8, 4) is 0 Å². The maximum absolute atomic E-state index is 4.99. The second kappa shape index (κ2) is 9.16. The molecule has 0 N–H and O–H groups in total. The molecule has 16 heavy (non-hydrogen) atoms. The largest absolute Gasteiger partial charge is 0.399 e. The Labute approximate surface area is 103 Å². The average Bonchev–Trinajstić information content (AvgIpc) is 3.16. The Morgan fingerprint density at radius 3 is 2.00 bits per heavy atom. The monoisotopic (exact) mass is 245 g/mol. The number of hydrogen-bond acceptors (Lipinski definition) is 3. The second-order valence-electron chi connectivity index (χ2n) is 4.43. The number of rotatable bonds is 5. The van der Waals surface area contributed by atoms with Crippen LogP contribution in [0.15, 0.2) is 0 Å². The molecule has 1 heterocycles. The summed E-state index contributed by atoms with van der Waals surface area (Å²) in [4.78, 5) is 2.61. The molecule has 0 aromatic carbocycles. The summed E-state index contributed by atoms with van der Waals surface area (Å²) < 4.78 is 9.98. The van der Waals surface area contributed by atoms with E-state index in [0.717, 1.165) is 19.3 Å². The Morgan fingerprint density at radius 1 is 1.00 bits per heavy atom. The zero-order valence-corrected chi connectivity index (χ0v) is 12.3. The molecule has 96 valence electrons. The lowest BCUT2D eigenvalue weighted by Crippen LogP contribution is -2.21. The molecule has 0 radical (unpaired) electrons. The molecule has 1 saturated heterocycles. The molecule has 0 bridgehead atoms. The van der Waals surface area contributed by atoms with Gasteiger partial charge < -0.3 is 8.85 Å². The fourth-order valence-electron chi connectivity index (χ4n) is 2.09. The van der Waals surface area contributed by atoms with Gasteiger partial charge in [-0.15, -0.1) is 0 Å². The van der Waals surface area contributed by atoms with E-state index >= 15 is 0 Å². The van der Waals surface area contributed by atoms with Gasteiger partial charge in [0.05, 0.1) is 0 Å². The van der Waals surface area contributed by atoms with Crippen LogP contribution in [-0.2, 0) is 8.85 Å². The molecule has 0 amide bonds. The van der Waals surface area contributed by atoms with Crippen molar-refractivity contribution < 1.29 is 8.85 Å². The van der Waals surface area contributed by atoms with Gasteiger partial charge in [-0.1, -0.05) is 19.3 Å². The Bertz CT molecular complexity index is 155. The lowest BCUT2D eigenvalue weighted by Gasteiger charge is -2.22. The number of nitrogens with zero attached hydrogens (tertiary/aromatic N) is 1. The standard InChI is InChI=1S/C8H15N.C4H12O2Si/c1-2-4-8(5-3-1)9-6-7-9;1-3-5-7-6-4-2/h8H,1-7H2;3-4,7H2,1-2H3. The van der Waals surface area contributed by atoms with Gasteiger partial charge in [0, 0.05) is 32.3 Å². The molecule has 0 aromatic rings. The SMILES string of the molecule is C1CCC(N2CC2)CC1.CCO[SiH2]OCC. The summed E-state index contributed by atoms with van der Waals surface area (Å²) in [6, 6.07) is 0.999. The first-order valence-electron chi connectivity index (χ1n) is 6.78. The van der Waals surface area contributed by atoms with Crippen LogP contribution in [0.25, 0.3) is 0 Å². The van der Waals surface area contributed by atoms with E-state index in [1.54, 1.807) is 0 Å². The molecule has 0 aromatic heterocycles. The van der Waals surface area contributed by atoms with Crippen molar-refractivity contribution in [3.05, 3.63) is 0 Å². The van der Waals surface area contributed by atoms with Gasteiger partial charge in [-0.2, -0.15) is 0 Å². The van der Waals surface area contributed by atoms with Gasteiger partial charge in [0.1, 0.15) is 0 Å². The summed E-state index contributed by atoms with van der Waals surface area (Å²) in [6.45, 7) is 8.34. The Kier molecular flexibility index (Phi) is 8.11. The second-order valence-corrected chi connectivity index (χ2v) is 5.48. The van der Waals surface area contributed by atoms with E-state index in [2.05, 4.69) is 4.90 Å². The summed E-state index contributed by atoms with van der Waals surface area (Å²) in [5.41, 5.74) is 0. The summed E-state index contributed by atoms with van der Waals surface area (Å²) in [5.74, 6) is 0. The van der Waals surface area contributed by atoms with Gasteiger partial charge in [0.2, 0.25) is 0 Å². The molecule has 1 aliphatic carbocycles. The minimum Gasteiger partial charge on any atom is -0.399 e. The topological polar surface area (TPSA) is 21.5 Å². The van der Waals surface area contributed by atoms with E-state index in [9.17, 15) is 0 Å².